The normalized spacial score (nSPS) is 17.1. The molecule has 0 saturated heterocycles. The predicted octanol–water partition coefficient (Wildman–Crippen LogP) is 1.44. The molecule has 0 aliphatic heterocycles. The lowest BCUT2D eigenvalue weighted by Crippen LogP contribution is -2.41. The third kappa shape index (κ3) is 3.57. The van der Waals surface area contributed by atoms with E-state index in [1.54, 1.807) is 12.1 Å². The highest BCUT2D eigenvalue weighted by molar-refractivity contribution is 7.89. The molecule has 0 unspecified atom stereocenters. The van der Waals surface area contributed by atoms with Crippen molar-refractivity contribution < 1.29 is 22.7 Å². The van der Waals surface area contributed by atoms with Crippen LogP contribution in [0.5, 0.6) is 0 Å². The van der Waals surface area contributed by atoms with Gasteiger partial charge in [-0.05, 0) is 25.0 Å². The van der Waals surface area contributed by atoms with Crippen LogP contribution in [0.2, 0.25) is 0 Å². The number of sulfonamides is 1. The highest BCUT2D eigenvalue weighted by Crippen LogP contribution is 2.27. The number of hydrogen-bond donors (Lipinski definition) is 1. The number of carboxylic acid groups (broad SMARTS) is 1. The molecular formula is C12H17NO5S. The molecule has 1 aromatic heterocycles. The van der Waals surface area contributed by atoms with Gasteiger partial charge in [-0.1, -0.05) is 12.8 Å². The van der Waals surface area contributed by atoms with Gasteiger partial charge in [0.15, 0.2) is 5.75 Å². The summed E-state index contributed by atoms with van der Waals surface area (Å²) in [6.45, 7) is 0.104. The van der Waals surface area contributed by atoms with Gasteiger partial charge in [0.1, 0.15) is 5.76 Å². The van der Waals surface area contributed by atoms with E-state index >= 15 is 0 Å². The van der Waals surface area contributed by atoms with Crippen LogP contribution in [0.25, 0.3) is 0 Å². The number of furan rings is 1. The molecule has 1 aromatic rings. The highest BCUT2D eigenvalue weighted by Gasteiger charge is 2.34. The monoisotopic (exact) mass is 287 g/mol. The van der Waals surface area contributed by atoms with E-state index in [1.165, 1.54) is 10.6 Å². The summed E-state index contributed by atoms with van der Waals surface area (Å²) in [5.41, 5.74) is 0. The minimum atomic E-state index is -3.81. The van der Waals surface area contributed by atoms with Crippen LogP contribution in [-0.4, -0.2) is 35.6 Å². The SMILES string of the molecule is O=C(O)CS(=O)(=O)N(Cc1ccco1)C1CCCC1. The van der Waals surface area contributed by atoms with Crippen LogP contribution in [-0.2, 0) is 21.4 Å². The molecule has 1 saturated carbocycles. The summed E-state index contributed by atoms with van der Waals surface area (Å²) in [5, 5.41) is 8.74. The first-order valence-corrected chi connectivity index (χ1v) is 7.83. The van der Waals surface area contributed by atoms with Crippen molar-refractivity contribution in [2.45, 2.75) is 38.3 Å². The Labute approximate surface area is 112 Å². The third-order valence-electron chi connectivity index (χ3n) is 3.29. The van der Waals surface area contributed by atoms with E-state index in [9.17, 15) is 13.2 Å². The van der Waals surface area contributed by atoms with Gasteiger partial charge in [0, 0.05) is 6.04 Å². The van der Waals surface area contributed by atoms with E-state index in [0.29, 0.717) is 5.76 Å². The quantitative estimate of drug-likeness (QED) is 0.855. The van der Waals surface area contributed by atoms with Crippen LogP contribution in [0.4, 0.5) is 0 Å². The number of carboxylic acids is 1. The Balaban J connectivity index is 2.20. The van der Waals surface area contributed by atoms with Crippen LogP contribution < -0.4 is 0 Å². The minimum absolute atomic E-state index is 0.104. The smallest absolute Gasteiger partial charge is 0.320 e. The van der Waals surface area contributed by atoms with Gasteiger partial charge in [-0.3, -0.25) is 4.79 Å². The van der Waals surface area contributed by atoms with Gasteiger partial charge < -0.3 is 9.52 Å². The Kier molecular flexibility index (Phi) is 4.26. The average Bonchev–Trinajstić information content (AvgIpc) is 2.97. The van der Waals surface area contributed by atoms with Crippen LogP contribution in [0.3, 0.4) is 0 Å². The number of hydrogen-bond acceptors (Lipinski definition) is 4. The second kappa shape index (κ2) is 5.75. The molecule has 1 fully saturated rings. The van der Waals surface area contributed by atoms with Crippen molar-refractivity contribution in [3.8, 4) is 0 Å². The Morgan fingerprint density at radius 1 is 1.42 bits per heavy atom. The molecule has 0 aromatic carbocycles. The zero-order valence-electron chi connectivity index (χ0n) is 10.5. The summed E-state index contributed by atoms with van der Waals surface area (Å²) in [6.07, 6.45) is 4.98. The zero-order valence-corrected chi connectivity index (χ0v) is 11.3. The van der Waals surface area contributed by atoms with E-state index in [2.05, 4.69) is 0 Å². The second-order valence-electron chi connectivity index (χ2n) is 4.71. The lowest BCUT2D eigenvalue weighted by atomic mass is 10.2. The summed E-state index contributed by atoms with van der Waals surface area (Å²) in [4.78, 5) is 10.7. The molecule has 106 valence electrons. The maximum atomic E-state index is 12.2. The first-order chi connectivity index (χ1) is 8.99. The summed E-state index contributed by atoms with van der Waals surface area (Å²) in [6, 6.07) is 3.26. The van der Waals surface area contributed by atoms with Gasteiger partial charge in [-0.15, -0.1) is 0 Å². The average molecular weight is 287 g/mol. The minimum Gasteiger partial charge on any atom is -0.480 e. The fourth-order valence-corrected chi connectivity index (χ4v) is 3.91. The summed E-state index contributed by atoms with van der Waals surface area (Å²) in [5.74, 6) is -1.67. The molecule has 0 atom stereocenters. The lowest BCUT2D eigenvalue weighted by molar-refractivity contribution is -0.134. The first-order valence-electron chi connectivity index (χ1n) is 6.23. The molecule has 0 spiro atoms. The van der Waals surface area contributed by atoms with Crippen LogP contribution in [0, 0.1) is 0 Å². The van der Waals surface area contributed by atoms with E-state index in [1.807, 2.05) is 0 Å². The van der Waals surface area contributed by atoms with Gasteiger partial charge in [0.05, 0.1) is 12.8 Å². The number of rotatable bonds is 6. The zero-order chi connectivity index (χ0) is 13.9. The van der Waals surface area contributed by atoms with Crippen molar-refractivity contribution >= 4 is 16.0 Å². The largest absolute Gasteiger partial charge is 0.480 e. The molecule has 0 amide bonds. The third-order valence-corrected chi connectivity index (χ3v) is 5.04. The van der Waals surface area contributed by atoms with Gasteiger partial charge in [0.2, 0.25) is 10.0 Å². The molecule has 0 radical (unpaired) electrons. The summed E-state index contributed by atoms with van der Waals surface area (Å²) in [7, 11) is -3.81. The van der Waals surface area contributed by atoms with Crippen LogP contribution in [0.15, 0.2) is 22.8 Å². The summed E-state index contributed by atoms with van der Waals surface area (Å²) >= 11 is 0. The van der Waals surface area contributed by atoms with Crippen molar-refractivity contribution in [1.29, 1.82) is 0 Å². The summed E-state index contributed by atoms with van der Waals surface area (Å²) < 4.78 is 30.8. The standard InChI is InChI=1S/C12H17NO5S/c14-12(15)9-19(16,17)13(10-4-1-2-5-10)8-11-6-3-7-18-11/h3,6-7,10H,1-2,4-5,8-9H2,(H,14,15). The molecule has 7 heteroatoms. The molecule has 0 bridgehead atoms. The van der Waals surface area contributed by atoms with Crippen molar-refractivity contribution in [1.82, 2.24) is 4.31 Å². The van der Waals surface area contributed by atoms with Gasteiger partial charge in [0.25, 0.3) is 0 Å². The lowest BCUT2D eigenvalue weighted by Gasteiger charge is -2.26. The molecule has 1 aliphatic carbocycles. The van der Waals surface area contributed by atoms with Crippen molar-refractivity contribution in [3.05, 3.63) is 24.2 Å². The molecule has 1 N–H and O–H groups in total. The highest BCUT2D eigenvalue weighted by atomic mass is 32.2. The Bertz CT molecular complexity index is 516. The van der Waals surface area contributed by atoms with E-state index < -0.39 is 21.7 Å². The Morgan fingerprint density at radius 3 is 2.63 bits per heavy atom. The second-order valence-corrected chi connectivity index (χ2v) is 6.63. The van der Waals surface area contributed by atoms with Crippen molar-refractivity contribution in [3.63, 3.8) is 0 Å². The van der Waals surface area contributed by atoms with Gasteiger partial charge >= 0.3 is 5.97 Å². The first kappa shape index (κ1) is 14.1. The Hall–Kier alpha value is -1.34. The maximum absolute atomic E-state index is 12.2. The maximum Gasteiger partial charge on any atom is 0.320 e. The predicted molar refractivity (Wildman–Crippen MR) is 67.9 cm³/mol. The van der Waals surface area contributed by atoms with Crippen LogP contribution >= 0.6 is 0 Å². The van der Waals surface area contributed by atoms with Crippen molar-refractivity contribution in [2.75, 3.05) is 5.75 Å². The molecule has 6 nitrogen and oxygen atoms in total. The topological polar surface area (TPSA) is 87.8 Å². The van der Waals surface area contributed by atoms with E-state index in [-0.39, 0.29) is 12.6 Å². The number of aliphatic carboxylic acids is 1. The van der Waals surface area contributed by atoms with Crippen LogP contribution in [0.1, 0.15) is 31.4 Å². The fraction of sp³-hybridized carbons (Fsp3) is 0.583. The van der Waals surface area contributed by atoms with E-state index in [0.717, 1.165) is 25.7 Å². The molecule has 1 heterocycles. The van der Waals surface area contributed by atoms with Gasteiger partial charge in [-0.25, -0.2) is 8.42 Å². The fourth-order valence-electron chi connectivity index (χ4n) is 2.44. The van der Waals surface area contributed by atoms with E-state index in [4.69, 9.17) is 9.52 Å². The molecule has 19 heavy (non-hydrogen) atoms. The van der Waals surface area contributed by atoms with Gasteiger partial charge in [-0.2, -0.15) is 4.31 Å². The molecule has 1 aliphatic rings. The Morgan fingerprint density at radius 2 is 2.11 bits per heavy atom. The van der Waals surface area contributed by atoms with Crippen molar-refractivity contribution in [2.24, 2.45) is 0 Å². The number of carbonyl (C=O) groups is 1. The molecular weight excluding hydrogens is 270 g/mol. The number of nitrogens with zero attached hydrogens (tertiary/aromatic N) is 1. The molecule has 2 rings (SSSR count).